The van der Waals surface area contributed by atoms with E-state index < -0.39 is 0 Å². The number of aryl methyl sites for hydroxylation is 2. The summed E-state index contributed by atoms with van der Waals surface area (Å²) >= 11 is 1.33. The van der Waals surface area contributed by atoms with Crippen LogP contribution in [0.4, 0.5) is 11.4 Å². The van der Waals surface area contributed by atoms with Crippen molar-refractivity contribution in [1.29, 1.82) is 0 Å². The van der Waals surface area contributed by atoms with Crippen molar-refractivity contribution in [3.05, 3.63) is 83.4 Å². The summed E-state index contributed by atoms with van der Waals surface area (Å²) in [4.78, 5) is 32.7. The highest BCUT2D eigenvalue weighted by Crippen LogP contribution is 2.22. The van der Waals surface area contributed by atoms with Gasteiger partial charge in [0.05, 0.1) is 16.8 Å². The quantitative estimate of drug-likeness (QED) is 0.369. The number of para-hydroxylation sites is 3. The van der Waals surface area contributed by atoms with Crippen molar-refractivity contribution < 1.29 is 9.59 Å². The molecule has 7 heteroatoms. The van der Waals surface area contributed by atoms with Gasteiger partial charge in [0, 0.05) is 16.9 Å². The Morgan fingerprint density at radius 3 is 2.45 bits per heavy atom. The molecule has 0 aliphatic rings. The Morgan fingerprint density at radius 1 is 0.935 bits per heavy atom. The Hall–Kier alpha value is -3.58. The minimum atomic E-state index is -0.217. The number of rotatable bonds is 6. The summed E-state index contributed by atoms with van der Waals surface area (Å²) in [5, 5.41) is 6.51. The van der Waals surface area contributed by atoms with E-state index in [0.717, 1.165) is 27.8 Å². The predicted molar refractivity (Wildman–Crippen MR) is 126 cm³/mol. The first-order chi connectivity index (χ1) is 15.0. The van der Waals surface area contributed by atoms with Crippen molar-refractivity contribution >= 4 is 46.0 Å². The Balaban J connectivity index is 1.38. The number of amides is 2. The fraction of sp³-hybridized carbons (Fsp3) is 0.125. The van der Waals surface area contributed by atoms with Crippen LogP contribution < -0.4 is 10.6 Å². The summed E-state index contributed by atoms with van der Waals surface area (Å²) in [6, 6.07) is 20.5. The van der Waals surface area contributed by atoms with Gasteiger partial charge in [-0.15, -0.1) is 0 Å². The lowest BCUT2D eigenvalue weighted by molar-refractivity contribution is -0.113. The van der Waals surface area contributed by atoms with E-state index >= 15 is 0 Å². The van der Waals surface area contributed by atoms with Gasteiger partial charge in [0.1, 0.15) is 0 Å². The van der Waals surface area contributed by atoms with E-state index in [9.17, 15) is 9.59 Å². The first-order valence-corrected chi connectivity index (χ1v) is 10.8. The molecule has 4 rings (SSSR count). The van der Waals surface area contributed by atoms with Crippen LogP contribution in [0.5, 0.6) is 0 Å². The molecule has 31 heavy (non-hydrogen) atoms. The number of benzene rings is 3. The second-order valence-electron chi connectivity index (χ2n) is 7.20. The molecule has 1 aromatic heterocycles. The van der Waals surface area contributed by atoms with E-state index in [-0.39, 0.29) is 17.6 Å². The maximum absolute atomic E-state index is 12.7. The number of anilines is 2. The van der Waals surface area contributed by atoms with Gasteiger partial charge >= 0.3 is 0 Å². The number of imidazole rings is 1. The van der Waals surface area contributed by atoms with E-state index in [4.69, 9.17) is 0 Å². The van der Waals surface area contributed by atoms with Crippen molar-refractivity contribution in [3.63, 3.8) is 0 Å². The lowest BCUT2D eigenvalue weighted by Crippen LogP contribution is -2.16. The molecule has 0 fully saturated rings. The number of nitrogens with one attached hydrogen (secondary N) is 3. The average molecular weight is 431 g/mol. The lowest BCUT2D eigenvalue weighted by Gasteiger charge is -2.12. The number of hydrogen-bond acceptors (Lipinski definition) is 4. The Bertz CT molecular complexity index is 1210. The van der Waals surface area contributed by atoms with Crippen molar-refractivity contribution in [2.24, 2.45) is 0 Å². The van der Waals surface area contributed by atoms with E-state index in [0.29, 0.717) is 16.4 Å². The molecule has 0 saturated carbocycles. The predicted octanol–water partition coefficient (Wildman–Crippen LogP) is 5.16. The second kappa shape index (κ2) is 9.06. The topological polar surface area (TPSA) is 86.9 Å². The molecule has 0 radical (unpaired) electrons. The van der Waals surface area contributed by atoms with Crippen LogP contribution in [0.3, 0.4) is 0 Å². The molecule has 2 amide bonds. The number of thioether (sulfide) groups is 1. The van der Waals surface area contributed by atoms with Gasteiger partial charge in [-0.3, -0.25) is 9.59 Å². The number of nitrogens with zero attached hydrogens (tertiary/aromatic N) is 1. The van der Waals surface area contributed by atoms with E-state index in [1.807, 2.05) is 56.3 Å². The number of aromatic amines is 1. The maximum atomic E-state index is 12.7. The molecule has 1 heterocycles. The van der Waals surface area contributed by atoms with Gasteiger partial charge in [-0.2, -0.15) is 0 Å². The number of carbonyl (C=O) groups excluding carboxylic acids is 2. The van der Waals surface area contributed by atoms with Crippen LogP contribution in [0.1, 0.15) is 21.5 Å². The van der Waals surface area contributed by atoms with Crippen molar-refractivity contribution in [2.75, 3.05) is 16.4 Å². The third kappa shape index (κ3) is 4.95. The molecule has 3 N–H and O–H groups in total. The van der Waals surface area contributed by atoms with Crippen LogP contribution in [0, 0.1) is 13.8 Å². The lowest BCUT2D eigenvalue weighted by atomic mass is 10.1. The fourth-order valence-electron chi connectivity index (χ4n) is 3.26. The minimum absolute atomic E-state index is 0.169. The second-order valence-corrected chi connectivity index (χ2v) is 8.16. The van der Waals surface area contributed by atoms with Crippen LogP contribution in [0.25, 0.3) is 11.0 Å². The highest BCUT2D eigenvalue weighted by molar-refractivity contribution is 7.99. The standard InChI is InChI=1S/C24H22N4O2S/c1-15-7-5-8-16(2)22(15)28-23(30)17-9-6-10-18(13-17)25-21(29)14-31-24-26-19-11-3-4-12-20(19)27-24/h3-13H,14H2,1-2H3,(H,25,29)(H,26,27)(H,28,30). The van der Waals surface area contributed by atoms with Gasteiger partial charge in [-0.05, 0) is 55.3 Å². The number of fused-ring (bicyclic) bond motifs is 1. The van der Waals surface area contributed by atoms with Crippen LogP contribution in [-0.2, 0) is 4.79 Å². The molecule has 156 valence electrons. The smallest absolute Gasteiger partial charge is 0.255 e. The molecule has 0 atom stereocenters. The summed E-state index contributed by atoms with van der Waals surface area (Å²) in [5.41, 5.74) is 5.67. The highest BCUT2D eigenvalue weighted by Gasteiger charge is 2.12. The average Bonchev–Trinajstić information content (AvgIpc) is 3.18. The normalized spacial score (nSPS) is 10.8. The Labute approximate surface area is 184 Å². The van der Waals surface area contributed by atoms with Crippen molar-refractivity contribution in [3.8, 4) is 0 Å². The molecule has 0 aliphatic heterocycles. The zero-order valence-corrected chi connectivity index (χ0v) is 18.0. The molecule has 3 aromatic carbocycles. The Kier molecular flexibility index (Phi) is 6.04. The summed E-state index contributed by atoms with van der Waals surface area (Å²) < 4.78 is 0. The van der Waals surface area contributed by atoms with Gasteiger partial charge in [0.15, 0.2) is 5.16 Å². The first-order valence-electron chi connectivity index (χ1n) is 9.84. The maximum Gasteiger partial charge on any atom is 0.255 e. The molecule has 6 nitrogen and oxygen atoms in total. The Morgan fingerprint density at radius 2 is 1.68 bits per heavy atom. The molecular formula is C24H22N4O2S. The van der Waals surface area contributed by atoms with Crippen molar-refractivity contribution in [1.82, 2.24) is 9.97 Å². The monoisotopic (exact) mass is 430 g/mol. The number of aromatic nitrogens is 2. The summed E-state index contributed by atoms with van der Waals surface area (Å²) in [6.07, 6.45) is 0. The van der Waals surface area contributed by atoms with E-state index in [2.05, 4.69) is 20.6 Å². The summed E-state index contributed by atoms with van der Waals surface area (Å²) in [7, 11) is 0. The minimum Gasteiger partial charge on any atom is -0.333 e. The highest BCUT2D eigenvalue weighted by atomic mass is 32.2. The van der Waals surface area contributed by atoms with Crippen LogP contribution in [0.15, 0.2) is 71.9 Å². The van der Waals surface area contributed by atoms with Crippen LogP contribution in [-0.4, -0.2) is 27.5 Å². The van der Waals surface area contributed by atoms with Gasteiger partial charge in [-0.25, -0.2) is 4.98 Å². The third-order valence-corrected chi connectivity index (χ3v) is 5.71. The van der Waals surface area contributed by atoms with Gasteiger partial charge in [0.2, 0.25) is 5.91 Å². The number of carbonyl (C=O) groups is 2. The fourth-order valence-corrected chi connectivity index (χ4v) is 3.95. The first kappa shape index (κ1) is 20.7. The van der Waals surface area contributed by atoms with Crippen molar-refractivity contribution in [2.45, 2.75) is 19.0 Å². The van der Waals surface area contributed by atoms with Crippen LogP contribution in [0.2, 0.25) is 0 Å². The molecule has 0 aliphatic carbocycles. The largest absolute Gasteiger partial charge is 0.333 e. The third-order valence-electron chi connectivity index (χ3n) is 4.84. The van der Waals surface area contributed by atoms with E-state index in [1.54, 1.807) is 24.3 Å². The zero-order chi connectivity index (χ0) is 21.8. The number of hydrogen-bond donors (Lipinski definition) is 3. The van der Waals surface area contributed by atoms with Crippen LogP contribution >= 0.6 is 11.8 Å². The SMILES string of the molecule is Cc1cccc(C)c1NC(=O)c1cccc(NC(=O)CSc2nc3ccccc3[nH]2)c1. The van der Waals surface area contributed by atoms with E-state index in [1.165, 1.54) is 11.8 Å². The number of H-pyrrole nitrogens is 1. The molecule has 0 bridgehead atoms. The van der Waals surface area contributed by atoms with Gasteiger partial charge in [0.25, 0.3) is 5.91 Å². The molecule has 0 saturated heterocycles. The summed E-state index contributed by atoms with van der Waals surface area (Å²) in [5.74, 6) is -0.179. The summed E-state index contributed by atoms with van der Waals surface area (Å²) in [6.45, 7) is 3.91. The van der Waals surface area contributed by atoms with Gasteiger partial charge < -0.3 is 15.6 Å². The molecule has 4 aromatic rings. The molecule has 0 spiro atoms. The molecular weight excluding hydrogens is 408 g/mol. The molecule has 0 unspecified atom stereocenters. The zero-order valence-electron chi connectivity index (χ0n) is 17.2. The van der Waals surface area contributed by atoms with Gasteiger partial charge in [-0.1, -0.05) is 48.2 Å².